The van der Waals surface area contributed by atoms with Gasteiger partial charge < -0.3 is 14.7 Å². The number of carboxylic acids is 1. The fraction of sp³-hybridized carbons (Fsp3) is 0.750. The van der Waals surface area contributed by atoms with Crippen LogP contribution in [0.3, 0.4) is 0 Å². The zero-order chi connectivity index (χ0) is 22.8. The van der Waals surface area contributed by atoms with Crippen molar-refractivity contribution in [3.05, 3.63) is 18.0 Å². The van der Waals surface area contributed by atoms with Crippen molar-refractivity contribution in [3.63, 3.8) is 0 Å². The summed E-state index contributed by atoms with van der Waals surface area (Å²) in [6.07, 6.45) is 1.14. The van der Waals surface area contributed by atoms with Crippen molar-refractivity contribution in [3.8, 4) is 0 Å². The molecule has 0 aliphatic carbocycles. The summed E-state index contributed by atoms with van der Waals surface area (Å²) < 4.78 is 39.8. The van der Waals surface area contributed by atoms with Gasteiger partial charge >= 0.3 is 12.1 Å². The van der Waals surface area contributed by atoms with Crippen LogP contribution in [0.4, 0.5) is 13.2 Å². The van der Waals surface area contributed by atoms with Crippen LogP contribution in [0.25, 0.3) is 0 Å². The van der Waals surface area contributed by atoms with Gasteiger partial charge in [-0.15, -0.1) is 0 Å². The van der Waals surface area contributed by atoms with Gasteiger partial charge in [-0.2, -0.15) is 18.3 Å². The Balaban J connectivity index is 0.000000339. The molecule has 3 aliphatic rings. The van der Waals surface area contributed by atoms with Gasteiger partial charge in [0.05, 0.1) is 18.9 Å². The zero-order valence-corrected chi connectivity index (χ0v) is 17.7. The van der Waals surface area contributed by atoms with Crippen LogP contribution in [0, 0.1) is 11.8 Å². The van der Waals surface area contributed by atoms with Gasteiger partial charge in [-0.1, -0.05) is 0 Å². The highest BCUT2D eigenvalue weighted by Gasteiger charge is 2.44. The first-order valence-electron chi connectivity index (χ1n) is 10.5. The number of carbonyl (C=O) groups is 2. The zero-order valence-electron chi connectivity index (χ0n) is 17.7. The number of alkyl halides is 3. The quantitative estimate of drug-likeness (QED) is 0.746. The first kappa shape index (κ1) is 23.5. The molecule has 0 aromatic carbocycles. The third kappa shape index (κ3) is 5.97. The van der Waals surface area contributed by atoms with Crippen LogP contribution in [0.2, 0.25) is 0 Å². The molecule has 11 heteroatoms. The molecule has 0 saturated carbocycles. The molecule has 174 valence electrons. The van der Waals surface area contributed by atoms with E-state index in [9.17, 15) is 18.0 Å². The fourth-order valence-corrected chi connectivity index (χ4v) is 4.38. The van der Waals surface area contributed by atoms with Gasteiger partial charge in [-0.3, -0.25) is 14.4 Å². The number of aromatic nitrogens is 2. The number of carboxylic acid groups (broad SMARTS) is 1. The van der Waals surface area contributed by atoms with Gasteiger partial charge in [0, 0.05) is 68.8 Å². The molecule has 4 heterocycles. The van der Waals surface area contributed by atoms with E-state index < -0.39 is 12.1 Å². The third-order valence-electron chi connectivity index (χ3n) is 5.97. The number of likely N-dealkylation sites (tertiary alicyclic amines) is 2. The number of hydrogen-bond donors (Lipinski definition) is 1. The number of nitrogens with zero attached hydrogens (tertiary/aromatic N) is 4. The summed E-state index contributed by atoms with van der Waals surface area (Å²) >= 11 is 0. The molecule has 1 aromatic heterocycles. The van der Waals surface area contributed by atoms with Crippen molar-refractivity contribution in [2.45, 2.75) is 51.6 Å². The summed E-state index contributed by atoms with van der Waals surface area (Å²) in [7, 11) is 0. The second-order valence-corrected chi connectivity index (χ2v) is 8.66. The lowest BCUT2D eigenvalue weighted by Gasteiger charge is -2.24. The van der Waals surface area contributed by atoms with Crippen molar-refractivity contribution in [2.75, 3.05) is 32.8 Å². The molecule has 3 fully saturated rings. The Labute approximate surface area is 178 Å². The van der Waals surface area contributed by atoms with Gasteiger partial charge in [0.1, 0.15) is 0 Å². The van der Waals surface area contributed by atoms with Gasteiger partial charge in [-0.25, -0.2) is 4.79 Å². The summed E-state index contributed by atoms with van der Waals surface area (Å²) in [5.41, 5.74) is 1.27. The van der Waals surface area contributed by atoms with E-state index in [1.165, 1.54) is 5.56 Å². The SMILES string of the molecule is CC(C)n1cc(CN2C[C@@H]3[C@@H](CN4CCCC4=O)CO[C@@H]3C2)cn1.O=C(O)C(F)(F)F. The number of fused-ring (bicyclic) bond motifs is 1. The van der Waals surface area contributed by atoms with Crippen LogP contribution in [0.1, 0.15) is 38.3 Å². The standard InChI is InChI=1S/C18H28N4O2.C2HF3O2/c1-13(2)22-8-14(6-19-22)7-20-10-16-15(12-24-17(16)11-20)9-21-5-3-4-18(21)23;3-2(4,5)1(6)7/h6,8,13,15-17H,3-5,7,9-12H2,1-2H3;(H,6,7)/t15-,16+,17+;/m0./s1. The van der Waals surface area contributed by atoms with Crippen LogP contribution in [0.5, 0.6) is 0 Å². The summed E-state index contributed by atoms with van der Waals surface area (Å²) in [6.45, 7) is 9.96. The molecule has 3 saturated heterocycles. The highest BCUT2D eigenvalue weighted by atomic mass is 19.4. The predicted molar refractivity (Wildman–Crippen MR) is 104 cm³/mol. The number of rotatable bonds is 5. The second-order valence-electron chi connectivity index (χ2n) is 8.66. The number of carbonyl (C=O) groups excluding carboxylic acids is 1. The molecule has 0 radical (unpaired) electrons. The molecular formula is C20H29F3N4O4. The number of aliphatic carboxylic acids is 1. The molecule has 1 N–H and O–H groups in total. The van der Waals surface area contributed by atoms with E-state index in [0.717, 1.165) is 52.2 Å². The Morgan fingerprint density at radius 1 is 1.35 bits per heavy atom. The molecule has 0 bridgehead atoms. The molecule has 1 amide bonds. The van der Waals surface area contributed by atoms with Crippen molar-refractivity contribution >= 4 is 11.9 Å². The first-order chi connectivity index (χ1) is 14.5. The Morgan fingerprint density at radius 2 is 2.06 bits per heavy atom. The summed E-state index contributed by atoms with van der Waals surface area (Å²) in [4.78, 5) is 25.3. The monoisotopic (exact) mass is 446 g/mol. The summed E-state index contributed by atoms with van der Waals surface area (Å²) in [5.74, 6) is -1.36. The van der Waals surface area contributed by atoms with E-state index >= 15 is 0 Å². The summed E-state index contributed by atoms with van der Waals surface area (Å²) in [6, 6.07) is 0.405. The molecule has 8 nitrogen and oxygen atoms in total. The van der Waals surface area contributed by atoms with Gasteiger partial charge in [0.2, 0.25) is 5.91 Å². The van der Waals surface area contributed by atoms with Crippen molar-refractivity contribution in [1.29, 1.82) is 0 Å². The van der Waals surface area contributed by atoms with Crippen molar-refractivity contribution in [1.82, 2.24) is 19.6 Å². The molecule has 3 atom stereocenters. The Kier molecular flexibility index (Phi) is 7.25. The molecule has 1 aromatic rings. The van der Waals surface area contributed by atoms with E-state index in [4.69, 9.17) is 14.6 Å². The van der Waals surface area contributed by atoms with Crippen LogP contribution < -0.4 is 0 Å². The normalized spacial score (nSPS) is 26.3. The maximum Gasteiger partial charge on any atom is 0.490 e. The van der Waals surface area contributed by atoms with E-state index in [-0.39, 0.29) is 0 Å². The number of ether oxygens (including phenoxy) is 1. The molecule has 3 aliphatic heterocycles. The molecule has 0 unspecified atom stereocenters. The smallest absolute Gasteiger partial charge is 0.475 e. The van der Waals surface area contributed by atoms with Crippen LogP contribution in [-0.4, -0.2) is 81.6 Å². The average Bonchev–Trinajstić information content (AvgIpc) is 3.43. The van der Waals surface area contributed by atoms with E-state index in [1.54, 1.807) is 0 Å². The lowest BCUT2D eigenvalue weighted by molar-refractivity contribution is -0.192. The van der Waals surface area contributed by atoms with Gasteiger partial charge in [0.25, 0.3) is 0 Å². The largest absolute Gasteiger partial charge is 0.490 e. The maximum atomic E-state index is 11.9. The highest BCUT2D eigenvalue weighted by molar-refractivity contribution is 5.78. The minimum Gasteiger partial charge on any atom is -0.475 e. The van der Waals surface area contributed by atoms with Crippen LogP contribution >= 0.6 is 0 Å². The average molecular weight is 446 g/mol. The molecule has 31 heavy (non-hydrogen) atoms. The highest BCUT2D eigenvalue weighted by Crippen LogP contribution is 2.35. The van der Waals surface area contributed by atoms with Crippen LogP contribution in [-0.2, 0) is 20.9 Å². The first-order valence-corrected chi connectivity index (χ1v) is 10.5. The Hall–Kier alpha value is -2.14. The van der Waals surface area contributed by atoms with Gasteiger partial charge in [0.15, 0.2) is 0 Å². The maximum absolute atomic E-state index is 11.9. The second kappa shape index (κ2) is 9.56. The van der Waals surface area contributed by atoms with E-state index in [0.29, 0.717) is 29.9 Å². The van der Waals surface area contributed by atoms with Crippen molar-refractivity contribution in [2.24, 2.45) is 11.8 Å². The summed E-state index contributed by atoms with van der Waals surface area (Å²) in [5, 5.41) is 11.6. The Morgan fingerprint density at radius 3 is 2.61 bits per heavy atom. The van der Waals surface area contributed by atoms with Crippen molar-refractivity contribution < 1.29 is 32.6 Å². The minimum atomic E-state index is -5.08. The molecular weight excluding hydrogens is 417 g/mol. The third-order valence-corrected chi connectivity index (χ3v) is 5.97. The lowest BCUT2D eigenvalue weighted by atomic mass is 9.93. The van der Waals surface area contributed by atoms with Crippen LogP contribution in [0.15, 0.2) is 12.4 Å². The lowest BCUT2D eigenvalue weighted by Crippen LogP contribution is -2.35. The fourth-order valence-electron chi connectivity index (χ4n) is 4.38. The number of hydrogen-bond acceptors (Lipinski definition) is 5. The van der Waals surface area contributed by atoms with Gasteiger partial charge in [-0.05, 0) is 20.3 Å². The molecule has 4 rings (SSSR count). The van der Waals surface area contributed by atoms with E-state index in [1.807, 2.05) is 15.8 Å². The Bertz CT molecular complexity index is 783. The topological polar surface area (TPSA) is 87.9 Å². The molecule has 0 spiro atoms. The number of halogens is 3. The predicted octanol–water partition coefficient (Wildman–Crippen LogP) is 2.17. The van der Waals surface area contributed by atoms with E-state index in [2.05, 4.69) is 30.0 Å². The minimum absolute atomic E-state index is 0.328. The number of amides is 1.